The Bertz CT molecular complexity index is 1160. The van der Waals surface area contributed by atoms with Crippen molar-refractivity contribution < 1.29 is 9.59 Å². The predicted molar refractivity (Wildman–Crippen MR) is 151 cm³/mol. The van der Waals surface area contributed by atoms with Crippen molar-refractivity contribution in [3.63, 3.8) is 0 Å². The first kappa shape index (κ1) is 27.5. The number of anilines is 4. The minimum atomic E-state index is -0.344. The highest BCUT2D eigenvalue weighted by atomic mass is 16.2. The molecule has 0 saturated carbocycles. The summed E-state index contributed by atoms with van der Waals surface area (Å²) in [5, 5.41) is 5.78. The molecule has 0 saturated heterocycles. The molecule has 9 heteroatoms. The Morgan fingerprint density at radius 3 is 2.19 bits per heavy atom. The predicted octanol–water partition coefficient (Wildman–Crippen LogP) is 4.36. The molecule has 3 rings (SSSR count). The number of para-hydroxylation sites is 2. The standard InChI is InChI=1S/C28H37N7O2/c1-33(2)17-7-8-18-35(28(37)31-22-12-14-23(15-13-22)34(3)4)20-21-11-16-26(30-19-21)27(36)32-25-10-6-5-9-24(25)29/h5-6,9-16,19H,7-8,17-18,20,29H2,1-4H3,(H,31,37)(H,32,36). The fourth-order valence-corrected chi connectivity index (χ4v) is 3.70. The molecule has 0 atom stereocenters. The van der Waals surface area contributed by atoms with Crippen LogP contribution in [0.25, 0.3) is 0 Å². The molecule has 0 aliphatic rings. The molecule has 3 aromatic rings. The zero-order valence-electron chi connectivity index (χ0n) is 22.1. The van der Waals surface area contributed by atoms with Gasteiger partial charge in [-0.1, -0.05) is 18.2 Å². The SMILES string of the molecule is CN(C)CCCCN(Cc1ccc(C(=O)Nc2ccccc2N)nc1)C(=O)Nc1ccc(N(C)C)cc1. The van der Waals surface area contributed by atoms with E-state index < -0.39 is 0 Å². The van der Waals surface area contributed by atoms with E-state index in [0.29, 0.717) is 24.5 Å². The van der Waals surface area contributed by atoms with Gasteiger partial charge in [-0.2, -0.15) is 0 Å². The smallest absolute Gasteiger partial charge is 0.322 e. The summed E-state index contributed by atoms with van der Waals surface area (Å²) in [6.07, 6.45) is 3.49. The minimum Gasteiger partial charge on any atom is -0.397 e. The summed E-state index contributed by atoms with van der Waals surface area (Å²) in [4.78, 5) is 36.0. The second-order valence-electron chi connectivity index (χ2n) is 9.40. The van der Waals surface area contributed by atoms with Crippen LogP contribution < -0.4 is 21.3 Å². The normalized spacial score (nSPS) is 10.7. The molecule has 0 bridgehead atoms. The summed E-state index contributed by atoms with van der Waals surface area (Å²) in [5.41, 5.74) is 9.84. The van der Waals surface area contributed by atoms with E-state index in [1.807, 2.05) is 63.4 Å². The molecule has 0 fully saturated rings. The number of hydrogen-bond acceptors (Lipinski definition) is 6. The lowest BCUT2D eigenvalue weighted by molar-refractivity contribution is 0.102. The van der Waals surface area contributed by atoms with Gasteiger partial charge in [-0.3, -0.25) is 9.78 Å². The van der Waals surface area contributed by atoms with E-state index in [4.69, 9.17) is 5.73 Å². The first-order valence-electron chi connectivity index (χ1n) is 12.3. The van der Waals surface area contributed by atoms with E-state index in [-0.39, 0.29) is 17.6 Å². The Labute approximate surface area is 219 Å². The van der Waals surface area contributed by atoms with Gasteiger partial charge in [0.05, 0.1) is 11.4 Å². The van der Waals surface area contributed by atoms with Gasteiger partial charge >= 0.3 is 6.03 Å². The number of rotatable bonds is 11. The highest BCUT2D eigenvalue weighted by molar-refractivity contribution is 6.04. The average Bonchev–Trinajstić information content (AvgIpc) is 2.87. The summed E-state index contributed by atoms with van der Waals surface area (Å²) in [7, 11) is 8.03. The first-order valence-corrected chi connectivity index (χ1v) is 12.3. The van der Waals surface area contributed by atoms with Crippen LogP contribution in [0.4, 0.5) is 27.5 Å². The molecule has 4 N–H and O–H groups in total. The highest BCUT2D eigenvalue weighted by Crippen LogP contribution is 2.19. The average molecular weight is 504 g/mol. The highest BCUT2D eigenvalue weighted by Gasteiger charge is 2.16. The molecule has 0 spiro atoms. The maximum absolute atomic E-state index is 13.2. The molecule has 196 valence electrons. The summed E-state index contributed by atoms with van der Waals surface area (Å²) >= 11 is 0. The van der Waals surface area contributed by atoms with E-state index in [2.05, 4.69) is 20.5 Å². The molecule has 9 nitrogen and oxygen atoms in total. The Kier molecular flexibility index (Phi) is 9.85. The quantitative estimate of drug-likeness (QED) is 0.265. The van der Waals surface area contributed by atoms with Crippen molar-refractivity contribution in [1.82, 2.24) is 14.8 Å². The van der Waals surface area contributed by atoms with Gasteiger partial charge in [0, 0.05) is 44.8 Å². The number of urea groups is 1. The van der Waals surface area contributed by atoms with Crippen molar-refractivity contribution in [2.24, 2.45) is 0 Å². The number of hydrogen-bond donors (Lipinski definition) is 3. The monoisotopic (exact) mass is 503 g/mol. The van der Waals surface area contributed by atoms with Crippen molar-refractivity contribution in [2.45, 2.75) is 19.4 Å². The lowest BCUT2D eigenvalue weighted by Gasteiger charge is -2.24. The van der Waals surface area contributed by atoms with Crippen molar-refractivity contribution >= 4 is 34.7 Å². The summed E-state index contributed by atoms with van der Waals surface area (Å²) < 4.78 is 0. The Morgan fingerprint density at radius 1 is 0.865 bits per heavy atom. The molecular weight excluding hydrogens is 466 g/mol. The number of nitrogens with one attached hydrogen (secondary N) is 2. The number of carbonyl (C=O) groups is 2. The van der Waals surface area contributed by atoms with Gasteiger partial charge in [-0.25, -0.2) is 4.79 Å². The van der Waals surface area contributed by atoms with Crippen LogP contribution in [0.2, 0.25) is 0 Å². The summed E-state index contributed by atoms with van der Waals surface area (Å²) in [6, 6.07) is 18.1. The van der Waals surface area contributed by atoms with Crippen molar-refractivity contribution in [3.05, 3.63) is 78.1 Å². The first-order chi connectivity index (χ1) is 17.7. The van der Waals surface area contributed by atoms with Gasteiger partial charge in [-0.15, -0.1) is 0 Å². The van der Waals surface area contributed by atoms with Crippen LogP contribution in [0.1, 0.15) is 28.9 Å². The number of nitrogens with two attached hydrogens (primary N) is 1. The second-order valence-corrected chi connectivity index (χ2v) is 9.40. The van der Waals surface area contributed by atoms with Crippen LogP contribution in [0.5, 0.6) is 0 Å². The molecule has 1 heterocycles. The Balaban J connectivity index is 1.66. The van der Waals surface area contributed by atoms with E-state index >= 15 is 0 Å². The third kappa shape index (κ3) is 8.50. The number of nitrogens with zero attached hydrogens (tertiary/aromatic N) is 4. The van der Waals surface area contributed by atoms with Crippen LogP contribution in [-0.4, -0.2) is 68.0 Å². The van der Waals surface area contributed by atoms with Gasteiger partial charge in [0.25, 0.3) is 5.91 Å². The molecule has 0 aliphatic heterocycles. The van der Waals surface area contributed by atoms with Crippen molar-refractivity contribution in [3.8, 4) is 0 Å². The molecule has 0 aliphatic carbocycles. The van der Waals surface area contributed by atoms with Gasteiger partial charge in [0.2, 0.25) is 0 Å². The molecule has 0 radical (unpaired) electrons. The molecule has 0 unspecified atom stereocenters. The number of unbranched alkanes of at least 4 members (excludes halogenated alkanes) is 1. The van der Waals surface area contributed by atoms with Crippen LogP contribution in [0.15, 0.2) is 66.9 Å². The number of aromatic nitrogens is 1. The lowest BCUT2D eigenvalue weighted by atomic mass is 10.2. The van der Waals surface area contributed by atoms with E-state index in [9.17, 15) is 9.59 Å². The van der Waals surface area contributed by atoms with Gasteiger partial charge in [-0.05, 0) is 81.5 Å². The van der Waals surface area contributed by atoms with Crippen molar-refractivity contribution in [1.29, 1.82) is 0 Å². The molecular formula is C28H37N7O2. The Morgan fingerprint density at radius 2 is 1.57 bits per heavy atom. The number of carbonyl (C=O) groups excluding carboxylic acids is 2. The summed E-state index contributed by atoms with van der Waals surface area (Å²) in [6.45, 7) is 1.94. The molecule has 3 amide bonds. The number of pyridine rings is 1. The maximum atomic E-state index is 13.2. The largest absolute Gasteiger partial charge is 0.397 e. The lowest BCUT2D eigenvalue weighted by Crippen LogP contribution is -2.35. The van der Waals surface area contributed by atoms with Crippen molar-refractivity contribution in [2.75, 3.05) is 62.5 Å². The van der Waals surface area contributed by atoms with Crippen LogP contribution >= 0.6 is 0 Å². The Hall–Kier alpha value is -4.11. The maximum Gasteiger partial charge on any atom is 0.322 e. The fraction of sp³-hybridized carbons (Fsp3) is 0.321. The van der Waals surface area contributed by atoms with Gasteiger partial charge in [0.15, 0.2) is 0 Å². The van der Waals surface area contributed by atoms with Crippen LogP contribution in [-0.2, 0) is 6.54 Å². The molecule has 1 aromatic heterocycles. The third-order valence-electron chi connectivity index (χ3n) is 5.85. The van der Waals surface area contributed by atoms with E-state index in [0.717, 1.165) is 36.3 Å². The fourth-order valence-electron chi connectivity index (χ4n) is 3.70. The zero-order valence-corrected chi connectivity index (χ0v) is 22.1. The third-order valence-corrected chi connectivity index (χ3v) is 5.85. The van der Waals surface area contributed by atoms with E-state index in [1.165, 1.54) is 0 Å². The summed E-state index contributed by atoms with van der Waals surface area (Å²) in [5.74, 6) is -0.344. The molecule has 37 heavy (non-hydrogen) atoms. The van der Waals surface area contributed by atoms with Gasteiger partial charge < -0.3 is 31.1 Å². The van der Waals surface area contributed by atoms with Crippen LogP contribution in [0, 0.1) is 0 Å². The number of benzene rings is 2. The van der Waals surface area contributed by atoms with E-state index in [1.54, 1.807) is 41.4 Å². The second kappa shape index (κ2) is 13.3. The van der Waals surface area contributed by atoms with Crippen LogP contribution in [0.3, 0.4) is 0 Å². The van der Waals surface area contributed by atoms with Gasteiger partial charge in [0.1, 0.15) is 5.69 Å². The number of amides is 3. The zero-order chi connectivity index (χ0) is 26.8. The molecule has 2 aromatic carbocycles. The number of nitrogen functional groups attached to an aromatic ring is 1. The topological polar surface area (TPSA) is 107 Å². The minimum absolute atomic E-state index is 0.177.